The van der Waals surface area contributed by atoms with Gasteiger partial charge >= 0.3 is 5.97 Å². The van der Waals surface area contributed by atoms with Gasteiger partial charge in [0.1, 0.15) is 5.69 Å². The largest absolute Gasteiger partial charge is 0.477 e. The molecule has 0 saturated carbocycles. The smallest absolute Gasteiger partial charge is 0.353 e. The molecule has 0 aliphatic heterocycles. The van der Waals surface area contributed by atoms with Crippen molar-refractivity contribution in [2.24, 2.45) is 0 Å². The van der Waals surface area contributed by atoms with Gasteiger partial charge in [-0.2, -0.15) is 5.10 Å². The van der Waals surface area contributed by atoms with Gasteiger partial charge < -0.3 is 5.11 Å². The van der Waals surface area contributed by atoms with E-state index in [-0.39, 0.29) is 5.69 Å². The number of carboxylic acids is 1. The number of carbonyl (C=O) groups is 1. The van der Waals surface area contributed by atoms with Gasteiger partial charge in [0.25, 0.3) is 0 Å². The predicted octanol–water partition coefficient (Wildman–Crippen LogP) is 3.18. The number of aromatic carboxylic acids is 1. The SMILES string of the molecule is O=C(O)c1cc(-c2ccc(C=CCBr)cc2)n[nH]1. The first kappa shape index (κ1) is 12.6. The van der Waals surface area contributed by atoms with Crippen molar-refractivity contribution < 1.29 is 9.90 Å². The second kappa shape index (κ2) is 5.64. The summed E-state index contributed by atoms with van der Waals surface area (Å²) in [5, 5.41) is 16.1. The van der Waals surface area contributed by atoms with Gasteiger partial charge in [-0.05, 0) is 11.6 Å². The molecular formula is C13H11BrN2O2. The molecule has 0 unspecified atom stereocenters. The normalized spacial score (nSPS) is 10.9. The molecule has 1 aromatic heterocycles. The lowest BCUT2D eigenvalue weighted by Gasteiger charge is -1.97. The molecule has 0 aliphatic carbocycles. The molecule has 2 aromatic rings. The number of alkyl halides is 1. The third-order valence-corrected chi connectivity index (χ3v) is 2.79. The second-order valence-corrected chi connectivity index (χ2v) is 4.30. The second-order valence-electron chi connectivity index (χ2n) is 3.65. The van der Waals surface area contributed by atoms with Gasteiger partial charge in [-0.3, -0.25) is 5.10 Å². The lowest BCUT2D eigenvalue weighted by molar-refractivity contribution is 0.0690. The zero-order chi connectivity index (χ0) is 13.0. The summed E-state index contributed by atoms with van der Waals surface area (Å²) >= 11 is 3.32. The van der Waals surface area contributed by atoms with Crippen molar-refractivity contribution in [3.8, 4) is 11.3 Å². The number of nitrogens with one attached hydrogen (secondary N) is 1. The summed E-state index contributed by atoms with van der Waals surface area (Å²) in [6, 6.07) is 9.27. The van der Waals surface area contributed by atoms with Crippen LogP contribution in [0.4, 0.5) is 0 Å². The van der Waals surface area contributed by atoms with E-state index >= 15 is 0 Å². The number of aromatic nitrogens is 2. The fourth-order valence-corrected chi connectivity index (χ4v) is 1.71. The number of aromatic amines is 1. The van der Waals surface area contributed by atoms with E-state index in [2.05, 4.69) is 26.1 Å². The van der Waals surface area contributed by atoms with Gasteiger partial charge in [-0.15, -0.1) is 0 Å². The molecule has 0 amide bonds. The van der Waals surface area contributed by atoms with E-state index in [0.29, 0.717) is 5.69 Å². The lowest BCUT2D eigenvalue weighted by Crippen LogP contribution is -1.95. The van der Waals surface area contributed by atoms with E-state index in [9.17, 15) is 4.79 Å². The van der Waals surface area contributed by atoms with Crippen LogP contribution < -0.4 is 0 Å². The van der Waals surface area contributed by atoms with E-state index in [0.717, 1.165) is 16.5 Å². The number of halogens is 1. The Morgan fingerprint density at radius 2 is 2.11 bits per heavy atom. The Labute approximate surface area is 112 Å². The van der Waals surface area contributed by atoms with Crippen LogP contribution in [0.2, 0.25) is 0 Å². The van der Waals surface area contributed by atoms with Gasteiger partial charge in [0.15, 0.2) is 0 Å². The highest BCUT2D eigenvalue weighted by Gasteiger charge is 2.08. The van der Waals surface area contributed by atoms with Crippen LogP contribution in [0.1, 0.15) is 16.1 Å². The number of allylic oxidation sites excluding steroid dienone is 1. The first-order valence-electron chi connectivity index (χ1n) is 5.32. The molecule has 5 heteroatoms. The summed E-state index contributed by atoms with van der Waals surface area (Å²) in [6.07, 6.45) is 4.01. The summed E-state index contributed by atoms with van der Waals surface area (Å²) in [7, 11) is 0. The van der Waals surface area contributed by atoms with Gasteiger partial charge in [-0.25, -0.2) is 4.79 Å². The number of nitrogens with zero attached hydrogens (tertiary/aromatic N) is 1. The Bertz CT molecular complexity index is 573. The molecule has 0 saturated heterocycles. The van der Waals surface area contributed by atoms with Crippen molar-refractivity contribution in [2.75, 3.05) is 5.33 Å². The van der Waals surface area contributed by atoms with E-state index in [4.69, 9.17) is 5.11 Å². The molecule has 92 valence electrons. The molecule has 0 radical (unpaired) electrons. The minimum atomic E-state index is -1.01. The third-order valence-electron chi connectivity index (χ3n) is 2.41. The van der Waals surface area contributed by atoms with Crippen molar-refractivity contribution in [2.45, 2.75) is 0 Å². The van der Waals surface area contributed by atoms with E-state index in [1.807, 2.05) is 36.4 Å². The number of hydrogen-bond acceptors (Lipinski definition) is 2. The Morgan fingerprint density at radius 1 is 1.39 bits per heavy atom. The first-order chi connectivity index (χ1) is 8.70. The molecule has 1 heterocycles. The highest BCUT2D eigenvalue weighted by molar-refractivity contribution is 9.09. The number of hydrogen-bond donors (Lipinski definition) is 2. The van der Waals surface area contributed by atoms with Crippen molar-refractivity contribution in [3.63, 3.8) is 0 Å². The zero-order valence-corrected chi connectivity index (χ0v) is 11.0. The van der Waals surface area contributed by atoms with Crippen LogP contribution in [0.3, 0.4) is 0 Å². The maximum atomic E-state index is 10.7. The summed E-state index contributed by atoms with van der Waals surface area (Å²) < 4.78 is 0. The molecule has 2 rings (SSSR count). The summed E-state index contributed by atoms with van der Waals surface area (Å²) in [4.78, 5) is 10.7. The first-order valence-corrected chi connectivity index (χ1v) is 6.44. The Kier molecular flexibility index (Phi) is 3.94. The average molecular weight is 307 g/mol. The van der Waals surface area contributed by atoms with Crippen molar-refractivity contribution in [3.05, 3.63) is 47.7 Å². The van der Waals surface area contributed by atoms with Crippen LogP contribution in [-0.4, -0.2) is 26.6 Å². The summed E-state index contributed by atoms with van der Waals surface area (Å²) in [6.45, 7) is 0. The third kappa shape index (κ3) is 2.87. The summed E-state index contributed by atoms with van der Waals surface area (Å²) in [5.41, 5.74) is 2.69. The fraction of sp³-hybridized carbons (Fsp3) is 0.0769. The number of H-pyrrole nitrogens is 1. The minimum Gasteiger partial charge on any atom is -0.477 e. The van der Waals surface area contributed by atoms with Crippen LogP contribution in [0.5, 0.6) is 0 Å². The van der Waals surface area contributed by atoms with E-state index in [1.54, 1.807) is 0 Å². The Balaban J connectivity index is 2.23. The monoisotopic (exact) mass is 306 g/mol. The van der Waals surface area contributed by atoms with Crippen molar-refractivity contribution >= 4 is 28.0 Å². The quantitative estimate of drug-likeness (QED) is 0.853. The van der Waals surface area contributed by atoms with E-state index in [1.165, 1.54) is 6.07 Å². The van der Waals surface area contributed by atoms with Crippen LogP contribution in [0, 0.1) is 0 Å². The minimum absolute atomic E-state index is 0.0910. The maximum Gasteiger partial charge on any atom is 0.353 e. The number of benzene rings is 1. The summed E-state index contributed by atoms with van der Waals surface area (Å²) in [5.74, 6) is -1.01. The molecule has 18 heavy (non-hydrogen) atoms. The Hall–Kier alpha value is -1.88. The molecule has 4 nitrogen and oxygen atoms in total. The molecule has 0 aliphatic rings. The average Bonchev–Trinajstić information content (AvgIpc) is 2.87. The Morgan fingerprint density at radius 3 is 2.67 bits per heavy atom. The topological polar surface area (TPSA) is 66.0 Å². The van der Waals surface area contributed by atoms with Crippen LogP contribution in [0.15, 0.2) is 36.4 Å². The van der Waals surface area contributed by atoms with Gasteiger partial charge in [-0.1, -0.05) is 52.3 Å². The van der Waals surface area contributed by atoms with Crippen molar-refractivity contribution in [1.29, 1.82) is 0 Å². The number of rotatable bonds is 4. The van der Waals surface area contributed by atoms with Gasteiger partial charge in [0.05, 0.1) is 5.69 Å². The van der Waals surface area contributed by atoms with Gasteiger partial charge in [0, 0.05) is 10.9 Å². The van der Waals surface area contributed by atoms with Gasteiger partial charge in [0.2, 0.25) is 0 Å². The molecule has 0 bridgehead atoms. The predicted molar refractivity (Wildman–Crippen MR) is 73.8 cm³/mol. The van der Waals surface area contributed by atoms with E-state index < -0.39 is 5.97 Å². The maximum absolute atomic E-state index is 10.7. The van der Waals surface area contributed by atoms with Crippen LogP contribution in [-0.2, 0) is 0 Å². The molecular weight excluding hydrogens is 296 g/mol. The standard InChI is InChI=1S/C13H11BrN2O2/c14-7-1-2-9-3-5-10(6-4-9)11-8-12(13(17)18)16-15-11/h1-6,8H,7H2,(H,15,16)(H,17,18). The van der Waals surface area contributed by atoms with Crippen molar-refractivity contribution in [1.82, 2.24) is 10.2 Å². The lowest BCUT2D eigenvalue weighted by atomic mass is 10.1. The fourth-order valence-electron chi connectivity index (χ4n) is 1.52. The molecule has 0 atom stereocenters. The number of carboxylic acid groups (broad SMARTS) is 1. The van der Waals surface area contributed by atoms with Crippen LogP contribution >= 0.6 is 15.9 Å². The highest BCUT2D eigenvalue weighted by atomic mass is 79.9. The molecule has 0 fully saturated rings. The molecule has 0 spiro atoms. The highest BCUT2D eigenvalue weighted by Crippen LogP contribution is 2.18. The molecule has 1 aromatic carbocycles. The van der Waals surface area contributed by atoms with Crippen LogP contribution in [0.25, 0.3) is 17.3 Å². The zero-order valence-electron chi connectivity index (χ0n) is 9.43. The molecule has 2 N–H and O–H groups in total.